The summed E-state index contributed by atoms with van der Waals surface area (Å²) in [6.45, 7) is 18.3. The molecule has 2 saturated carbocycles. The van der Waals surface area contributed by atoms with Crippen LogP contribution in [0.5, 0.6) is 0 Å². The molecule has 0 atom stereocenters. The summed E-state index contributed by atoms with van der Waals surface area (Å²) in [5.74, 6) is 7.34. The van der Waals surface area contributed by atoms with E-state index in [0.29, 0.717) is 0 Å². The van der Waals surface area contributed by atoms with Crippen LogP contribution in [-0.2, 0) is 17.1 Å². The van der Waals surface area contributed by atoms with E-state index in [4.69, 9.17) is 0 Å². The van der Waals surface area contributed by atoms with Crippen LogP contribution in [0.2, 0.25) is 19.6 Å². The molecule has 0 amide bonds. The van der Waals surface area contributed by atoms with Crippen molar-refractivity contribution in [3.8, 4) is 0 Å². The van der Waals surface area contributed by atoms with Gasteiger partial charge in [-0.3, -0.25) is 0 Å². The average Bonchev–Trinajstić information content (AvgIpc) is 3.34. The van der Waals surface area contributed by atoms with Crippen molar-refractivity contribution in [2.75, 3.05) is 0 Å². The maximum absolute atomic E-state index is 2.44. The molecule has 2 aliphatic carbocycles. The fourth-order valence-corrected chi connectivity index (χ4v) is 9.36. The molecule has 172 valence electrons. The van der Waals surface area contributed by atoms with Crippen molar-refractivity contribution < 1.29 is 17.1 Å². The first-order valence-electron chi connectivity index (χ1n) is 11.5. The van der Waals surface area contributed by atoms with Crippen molar-refractivity contribution in [3.05, 3.63) is 121 Å². The SMILES string of the molecule is C[C]1[C](C)[C](C)[C](C)[C]1C.C[Si](C)(C)[C]1[CH][CH][CH][C]1P(c1ccccc1)c1ccccc1.[Fe+2]. The molecule has 0 saturated heterocycles. The van der Waals surface area contributed by atoms with Crippen molar-refractivity contribution in [2.24, 2.45) is 0 Å². The van der Waals surface area contributed by atoms with Gasteiger partial charge in [-0.1, -0.05) is 115 Å². The Bertz CT molecular complexity index is 734. The zero-order valence-corrected chi connectivity index (χ0v) is 24.3. The Balaban J connectivity index is 0.000000297. The summed E-state index contributed by atoms with van der Waals surface area (Å²) in [6.07, 6.45) is 6.94. The zero-order valence-electron chi connectivity index (χ0n) is 21.3. The molecule has 0 aromatic heterocycles. The molecule has 4 rings (SSSR count). The second-order valence-electron chi connectivity index (χ2n) is 9.71. The topological polar surface area (TPSA) is 0 Å². The van der Waals surface area contributed by atoms with Gasteiger partial charge in [0, 0.05) is 5.66 Å². The van der Waals surface area contributed by atoms with E-state index in [-0.39, 0.29) is 17.1 Å². The first-order valence-corrected chi connectivity index (χ1v) is 16.3. The van der Waals surface area contributed by atoms with Gasteiger partial charge in [-0.05, 0) is 72.9 Å². The normalized spacial score (nSPS) is 20.2. The van der Waals surface area contributed by atoms with Crippen LogP contribution in [0.1, 0.15) is 34.6 Å². The molecule has 0 nitrogen and oxygen atoms in total. The number of hydrogen-bond acceptors (Lipinski definition) is 0. The Morgan fingerprint density at radius 1 is 0.545 bits per heavy atom. The Morgan fingerprint density at radius 2 is 0.909 bits per heavy atom. The number of rotatable bonds is 4. The van der Waals surface area contributed by atoms with Gasteiger partial charge < -0.3 is 0 Å². The first-order chi connectivity index (χ1) is 15.1. The van der Waals surface area contributed by atoms with Gasteiger partial charge in [0.25, 0.3) is 0 Å². The standard InChI is InChI=1S/C20H22PSi.C10H15.Fe/c1-22(2,3)20-16-10-15-19(20)21(17-11-6-4-7-12-17)18-13-8-5-9-14-18;1-6-7(2)9(4)10(5)8(6)3;/h4-16H,1-3H3;1-5H3;/q;;+2. The summed E-state index contributed by atoms with van der Waals surface area (Å²) in [6, 6.07) is 21.9. The summed E-state index contributed by atoms with van der Waals surface area (Å²) in [5.41, 5.74) is 3.15. The zero-order chi connectivity index (χ0) is 23.5. The van der Waals surface area contributed by atoms with E-state index >= 15 is 0 Å². The van der Waals surface area contributed by atoms with Gasteiger partial charge in [-0.15, -0.1) is 0 Å². The van der Waals surface area contributed by atoms with Gasteiger partial charge in [0.2, 0.25) is 0 Å². The van der Waals surface area contributed by atoms with Gasteiger partial charge >= 0.3 is 17.1 Å². The largest absolute Gasteiger partial charge is 2.00 e. The van der Waals surface area contributed by atoms with Gasteiger partial charge in [-0.25, -0.2) is 0 Å². The molecular formula is C30H37FePSi+2. The maximum Gasteiger partial charge on any atom is 2.00 e. The molecule has 0 spiro atoms. The molecule has 0 unspecified atom stereocenters. The monoisotopic (exact) mass is 512 g/mol. The van der Waals surface area contributed by atoms with Gasteiger partial charge in [-0.2, -0.15) is 0 Å². The molecule has 0 bridgehead atoms. The minimum absolute atomic E-state index is 0. The van der Waals surface area contributed by atoms with Gasteiger partial charge in [0.05, 0.1) is 8.07 Å². The van der Waals surface area contributed by atoms with E-state index in [1.54, 1.807) is 11.2 Å². The summed E-state index contributed by atoms with van der Waals surface area (Å²) >= 11 is 0. The maximum atomic E-state index is 2.44. The van der Waals surface area contributed by atoms with Gasteiger partial charge in [0.1, 0.15) is 0 Å². The van der Waals surface area contributed by atoms with Crippen molar-refractivity contribution >= 4 is 26.6 Å². The molecule has 0 aliphatic heterocycles. The van der Waals surface area contributed by atoms with Crippen LogP contribution in [0.4, 0.5) is 0 Å². The molecular weight excluding hydrogens is 475 g/mol. The van der Waals surface area contributed by atoms with Crippen LogP contribution in [0.25, 0.3) is 0 Å². The summed E-state index contributed by atoms with van der Waals surface area (Å²) in [5, 5.41) is 2.88. The molecule has 0 heterocycles. The predicted octanol–water partition coefficient (Wildman–Crippen LogP) is 7.70. The van der Waals surface area contributed by atoms with Crippen LogP contribution in [-0.4, -0.2) is 8.07 Å². The van der Waals surface area contributed by atoms with E-state index < -0.39 is 16.0 Å². The Kier molecular flexibility index (Phi) is 11.0. The molecule has 2 aliphatic rings. The van der Waals surface area contributed by atoms with E-state index in [2.05, 4.69) is 134 Å². The Morgan fingerprint density at radius 3 is 1.24 bits per heavy atom. The minimum atomic E-state index is -1.34. The van der Waals surface area contributed by atoms with E-state index in [1.165, 1.54) is 40.2 Å². The molecule has 3 heteroatoms. The van der Waals surface area contributed by atoms with Crippen molar-refractivity contribution in [3.63, 3.8) is 0 Å². The fourth-order valence-electron chi connectivity index (χ4n) is 4.23. The number of benzene rings is 2. The molecule has 10 radical (unpaired) electrons. The quantitative estimate of drug-likeness (QED) is 0.291. The van der Waals surface area contributed by atoms with Crippen LogP contribution in [0.15, 0.2) is 60.7 Å². The first kappa shape index (κ1) is 28.8. The second-order valence-corrected chi connectivity index (χ2v) is 16.9. The fraction of sp³-hybridized carbons (Fsp3) is 0.267. The number of hydrogen-bond donors (Lipinski definition) is 0. The summed E-state index contributed by atoms with van der Waals surface area (Å²) in [7, 11) is -1.80. The molecule has 2 aromatic rings. The second kappa shape index (κ2) is 12.5. The van der Waals surface area contributed by atoms with Crippen LogP contribution in [0.3, 0.4) is 0 Å². The van der Waals surface area contributed by atoms with Crippen LogP contribution < -0.4 is 10.6 Å². The predicted molar refractivity (Wildman–Crippen MR) is 146 cm³/mol. The van der Waals surface area contributed by atoms with Crippen molar-refractivity contribution in [1.82, 2.24) is 0 Å². The molecule has 0 N–H and O–H groups in total. The van der Waals surface area contributed by atoms with Crippen molar-refractivity contribution in [2.45, 2.75) is 54.3 Å². The average molecular weight is 513 g/mol. The molecule has 33 heavy (non-hydrogen) atoms. The van der Waals surface area contributed by atoms with Crippen molar-refractivity contribution in [1.29, 1.82) is 0 Å². The molecule has 2 fully saturated rings. The van der Waals surface area contributed by atoms with Crippen LogP contribution >= 0.6 is 7.92 Å². The van der Waals surface area contributed by atoms with E-state index in [0.717, 1.165) is 0 Å². The Labute approximate surface area is 218 Å². The molecule has 2 aromatic carbocycles. The van der Waals surface area contributed by atoms with E-state index in [9.17, 15) is 0 Å². The van der Waals surface area contributed by atoms with E-state index in [1.807, 2.05) is 0 Å². The third-order valence-corrected chi connectivity index (χ3v) is 11.4. The summed E-state index contributed by atoms with van der Waals surface area (Å²) in [4.78, 5) is 0. The van der Waals surface area contributed by atoms with Crippen LogP contribution in [0, 0.1) is 60.1 Å². The van der Waals surface area contributed by atoms with Gasteiger partial charge in [0.15, 0.2) is 0 Å². The Hall–Kier alpha value is -0.394. The summed E-state index contributed by atoms with van der Waals surface area (Å²) < 4.78 is 0. The minimum Gasteiger partial charge on any atom is -0.0691 e. The third kappa shape index (κ3) is 6.85. The smallest absolute Gasteiger partial charge is 0.0691 e. The third-order valence-electron chi connectivity index (χ3n) is 6.68.